The van der Waals surface area contributed by atoms with Crippen LogP contribution < -0.4 is 0 Å². The highest BCUT2D eigenvalue weighted by molar-refractivity contribution is 4.59. The quantitative estimate of drug-likeness (QED) is 0.155. The normalized spacial score (nSPS) is 12.6. The summed E-state index contributed by atoms with van der Waals surface area (Å²) in [5.41, 5.74) is 0. The molecule has 164 valence electrons. The van der Waals surface area contributed by atoms with Gasteiger partial charge in [-0.05, 0) is 5.92 Å². The molecule has 0 saturated heterocycles. The van der Waals surface area contributed by atoms with Gasteiger partial charge in [0.2, 0.25) is 0 Å². The van der Waals surface area contributed by atoms with Crippen LogP contribution in [0.1, 0.15) is 168 Å². The lowest BCUT2D eigenvalue weighted by Crippen LogP contribution is -1.99. The molecule has 0 N–H and O–H groups in total. The summed E-state index contributed by atoms with van der Waals surface area (Å²) in [6, 6.07) is 0. The first-order chi connectivity index (χ1) is 13.3. The van der Waals surface area contributed by atoms with Crippen molar-refractivity contribution >= 4 is 0 Å². The molecule has 0 amide bonds. The topological polar surface area (TPSA) is 0 Å². The lowest BCUT2D eigenvalue weighted by Gasteiger charge is -2.14. The Labute approximate surface area is 174 Å². The van der Waals surface area contributed by atoms with Gasteiger partial charge in [-0.2, -0.15) is 0 Å². The standard InChI is InChI=1S/C27H56/c1-4-7-9-11-13-14-15-16-17-18-19-20-22-24-26-27(6-3)25-23-21-12-10-8-5-2/h27H,4-26H2,1-3H3. The van der Waals surface area contributed by atoms with Crippen molar-refractivity contribution in [2.24, 2.45) is 5.92 Å². The molecule has 0 spiro atoms. The van der Waals surface area contributed by atoms with Crippen molar-refractivity contribution in [2.45, 2.75) is 168 Å². The van der Waals surface area contributed by atoms with Crippen molar-refractivity contribution < 1.29 is 0 Å². The van der Waals surface area contributed by atoms with Crippen LogP contribution in [-0.4, -0.2) is 0 Å². The maximum atomic E-state index is 2.41. The summed E-state index contributed by atoms with van der Waals surface area (Å²) in [7, 11) is 0. The Morgan fingerprint density at radius 1 is 0.333 bits per heavy atom. The summed E-state index contributed by atoms with van der Waals surface area (Å²) in [6.07, 6.45) is 33.8. The monoisotopic (exact) mass is 380 g/mol. The molecule has 0 heteroatoms. The molecule has 0 aliphatic rings. The van der Waals surface area contributed by atoms with Crippen molar-refractivity contribution in [3.05, 3.63) is 0 Å². The first-order valence-corrected chi connectivity index (χ1v) is 13.3. The van der Waals surface area contributed by atoms with Crippen LogP contribution >= 0.6 is 0 Å². The maximum Gasteiger partial charge on any atom is -0.0417 e. The smallest absolute Gasteiger partial charge is 0.0417 e. The van der Waals surface area contributed by atoms with Crippen molar-refractivity contribution in [2.75, 3.05) is 0 Å². The molecule has 0 saturated carbocycles. The Morgan fingerprint density at radius 3 is 0.852 bits per heavy atom. The molecular weight excluding hydrogens is 324 g/mol. The van der Waals surface area contributed by atoms with Gasteiger partial charge in [0, 0.05) is 0 Å². The van der Waals surface area contributed by atoms with Gasteiger partial charge in [0.15, 0.2) is 0 Å². The summed E-state index contributed by atoms with van der Waals surface area (Å²) in [5.74, 6) is 1.02. The largest absolute Gasteiger partial charge is 0.0654 e. The molecule has 0 aromatic carbocycles. The van der Waals surface area contributed by atoms with E-state index in [2.05, 4.69) is 20.8 Å². The number of hydrogen-bond donors (Lipinski definition) is 0. The van der Waals surface area contributed by atoms with E-state index in [1.807, 2.05) is 0 Å². The maximum absolute atomic E-state index is 2.41. The van der Waals surface area contributed by atoms with Crippen LogP contribution in [0.2, 0.25) is 0 Å². The van der Waals surface area contributed by atoms with Gasteiger partial charge in [-0.25, -0.2) is 0 Å². The number of hydrogen-bond acceptors (Lipinski definition) is 0. The molecule has 0 radical (unpaired) electrons. The van der Waals surface area contributed by atoms with Crippen LogP contribution in [0, 0.1) is 5.92 Å². The molecule has 0 nitrogen and oxygen atoms in total. The SMILES string of the molecule is CCCCCCCCCCCCCCCCC(CC)CCCCCCCC. The van der Waals surface area contributed by atoms with Crippen LogP contribution in [-0.2, 0) is 0 Å². The summed E-state index contributed by atoms with van der Waals surface area (Å²) in [5, 5.41) is 0. The summed E-state index contributed by atoms with van der Waals surface area (Å²) < 4.78 is 0. The van der Waals surface area contributed by atoms with Crippen molar-refractivity contribution in [1.29, 1.82) is 0 Å². The average Bonchev–Trinajstić information content (AvgIpc) is 2.69. The number of unbranched alkanes of at least 4 members (excludes halogenated alkanes) is 18. The fraction of sp³-hybridized carbons (Fsp3) is 1.00. The molecule has 0 bridgehead atoms. The first-order valence-electron chi connectivity index (χ1n) is 13.3. The first kappa shape index (κ1) is 27.0. The number of rotatable bonds is 23. The van der Waals surface area contributed by atoms with E-state index in [1.165, 1.54) is 148 Å². The minimum Gasteiger partial charge on any atom is -0.0654 e. The molecule has 27 heavy (non-hydrogen) atoms. The fourth-order valence-electron chi connectivity index (χ4n) is 4.39. The van der Waals surface area contributed by atoms with Crippen LogP contribution in [0.5, 0.6) is 0 Å². The Hall–Kier alpha value is 0. The minimum absolute atomic E-state index is 1.02. The van der Waals surface area contributed by atoms with E-state index >= 15 is 0 Å². The Balaban J connectivity index is 3.22. The van der Waals surface area contributed by atoms with Gasteiger partial charge < -0.3 is 0 Å². The van der Waals surface area contributed by atoms with E-state index in [0.29, 0.717) is 0 Å². The molecule has 0 aromatic rings. The minimum atomic E-state index is 1.02. The van der Waals surface area contributed by atoms with Gasteiger partial charge >= 0.3 is 0 Å². The molecule has 0 rings (SSSR count). The highest BCUT2D eigenvalue weighted by Crippen LogP contribution is 2.22. The third-order valence-corrected chi connectivity index (χ3v) is 6.51. The van der Waals surface area contributed by atoms with Crippen LogP contribution in [0.25, 0.3) is 0 Å². The fourth-order valence-corrected chi connectivity index (χ4v) is 4.39. The molecule has 0 aliphatic heterocycles. The van der Waals surface area contributed by atoms with Gasteiger partial charge in [0.25, 0.3) is 0 Å². The van der Waals surface area contributed by atoms with E-state index < -0.39 is 0 Å². The lowest BCUT2D eigenvalue weighted by atomic mass is 9.92. The van der Waals surface area contributed by atoms with Gasteiger partial charge in [0.05, 0.1) is 0 Å². The highest BCUT2D eigenvalue weighted by Gasteiger charge is 2.05. The molecule has 0 aromatic heterocycles. The molecular formula is C27H56. The molecule has 0 heterocycles. The van der Waals surface area contributed by atoms with E-state index in [1.54, 1.807) is 0 Å². The summed E-state index contributed by atoms with van der Waals surface area (Å²) in [4.78, 5) is 0. The van der Waals surface area contributed by atoms with Gasteiger partial charge in [0.1, 0.15) is 0 Å². The van der Waals surface area contributed by atoms with Crippen molar-refractivity contribution in [1.82, 2.24) is 0 Å². The van der Waals surface area contributed by atoms with Crippen LogP contribution in [0.3, 0.4) is 0 Å². The van der Waals surface area contributed by atoms with Crippen LogP contribution in [0.15, 0.2) is 0 Å². The predicted octanol–water partition coefficient (Wildman–Crippen LogP) is 10.6. The second kappa shape index (κ2) is 24.0. The highest BCUT2D eigenvalue weighted by atomic mass is 14.1. The lowest BCUT2D eigenvalue weighted by molar-refractivity contribution is 0.392. The zero-order chi connectivity index (χ0) is 19.8. The summed E-state index contributed by atoms with van der Waals surface area (Å²) >= 11 is 0. The van der Waals surface area contributed by atoms with Gasteiger partial charge in [-0.1, -0.05) is 168 Å². The third kappa shape index (κ3) is 22.2. The van der Waals surface area contributed by atoms with Gasteiger partial charge in [-0.3, -0.25) is 0 Å². The Bertz CT molecular complexity index is 244. The summed E-state index contributed by atoms with van der Waals surface area (Å²) in [6.45, 7) is 7.02. The Morgan fingerprint density at radius 2 is 0.593 bits per heavy atom. The molecule has 0 fully saturated rings. The molecule has 1 atom stereocenters. The molecule has 0 aliphatic carbocycles. The van der Waals surface area contributed by atoms with E-state index in [9.17, 15) is 0 Å². The predicted molar refractivity (Wildman–Crippen MR) is 127 cm³/mol. The van der Waals surface area contributed by atoms with Gasteiger partial charge in [-0.15, -0.1) is 0 Å². The second-order valence-electron chi connectivity index (χ2n) is 9.22. The van der Waals surface area contributed by atoms with Crippen LogP contribution in [0.4, 0.5) is 0 Å². The second-order valence-corrected chi connectivity index (χ2v) is 9.22. The zero-order valence-electron chi connectivity index (χ0n) is 19.8. The van der Waals surface area contributed by atoms with E-state index in [0.717, 1.165) is 5.92 Å². The van der Waals surface area contributed by atoms with E-state index in [4.69, 9.17) is 0 Å². The zero-order valence-corrected chi connectivity index (χ0v) is 19.8. The van der Waals surface area contributed by atoms with E-state index in [-0.39, 0.29) is 0 Å². The van der Waals surface area contributed by atoms with Crippen molar-refractivity contribution in [3.8, 4) is 0 Å². The molecule has 1 unspecified atom stereocenters. The Kier molecular flexibility index (Phi) is 24.0. The van der Waals surface area contributed by atoms with Crippen molar-refractivity contribution in [3.63, 3.8) is 0 Å². The average molecular weight is 381 g/mol. The third-order valence-electron chi connectivity index (χ3n) is 6.51.